The van der Waals surface area contributed by atoms with E-state index in [9.17, 15) is 14.9 Å². The second kappa shape index (κ2) is 6.51. The number of carbonyl (C=O) groups is 1. The molecule has 1 aliphatic rings. The van der Waals surface area contributed by atoms with E-state index in [2.05, 4.69) is 11.9 Å². The smallest absolute Gasteiger partial charge is 0.300 e. The number of nitrogen functional groups attached to an aromatic ring is 1. The SMILES string of the molecule is CCCC1CCN(C(=O)c2cc(N)ncc2[N+](=O)[O-])CC1. The maximum Gasteiger partial charge on any atom is 0.300 e. The second-order valence-corrected chi connectivity index (χ2v) is 5.41. The van der Waals surface area contributed by atoms with Crippen LogP contribution in [0.1, 0.15) is 43.0 Å². The predicted molar refractivity (Wildman–Crippen MR) is 78.8 cm³/mol. The van der Waals surface area contributed by atoms with Crippen LogP contribution >= 0.6 is 0 Å². The van der Waals surface area contributed by atoms with Crippen molar-refractivity contribution < 1.29 is 9.72 Å². The van der Waals surface area contributed by atoms with Crippen molar-refractivity contribution in [2.75, 3.05) is 18.8 Å². The number of amides is 1. The van der Waals surface area contributed by atoms with E-state index in [1.807, 2.05) is 0 Å². The van der Waals surface area contributed by atoms with Gasteiger partial charge in [-0.3, -0.25) is 14.9 Å². The van der Waals surface area contributed by atoms with Gasteiger partial charge in [-0.1, -0.05) is 19.8 Å². The first kappa shape index (κ1) is 15.2. The van der Waals surface area contributed by atoms with Gasteiger partial charge in [0.05, 0.1) is 4.92 Å². The molecule has 0 aromatic carbocycles. The van der Waals surface area contributed by atoms with E-state index in [0.29, 0.717) is 19.0 Å². The lowest BCUT2D eigenvalue weighted by Crippen LogP contribution is -2.38. The zero-order valence-corrected chi connectivity index (χ0v) is 12.1. The largest absolute Gasteiger partial charge is 0.384 e. The van der Waals surface area contributed by atoms with E-state index in [0.717, 1.165) is 25.5 Å². The summed E-state index contributed by atoms with van der Waals surface area (Å²) < 4.78 is 0. The maximum absolute atomic E-state index is 12.5. The highest BCUT2D eigenvalue weighted by Crippen LogP contribution is 2.26. The molecule has 2 N–H and O–H groups in total. The molecule has 2 rings (SSSR count). The number of pyridine rings is 1. The third-order valence-electron chi connectivity index (χ3n) is 3.93. The van der Waals surface area contributed by atoms with Crippen molar-refractivity contribution in [2.45, 2.75) is 32.6 Å². The van der Waals surface area contributed by atoms with Crippen molar-refractivity contribution >= 4 is 17.4 Å². The molecular weight excluding hydrogens is 272 g/mol. The van der Waals surface area contributed by atoms with Crippen LogP contribution < -0.4 is 5.73 Å². The number of nitro groups is 1. The van der Waals surface area contributed by atoms with Gasteiger partial charge in [-0.25, -0.2) is 4.98 Å². The number of carbonyl (C=O) groups excluding carboxylic acids is 1. The first-order valence-corrected chi connectivity index (χ1v) is 7.22. The van der Waals surface area contributed by atoms with E-state index >= 15 is 0 Å². The minimum atomic E-state index is -0.594. The van der Waals surface area contributed by atoms with Gasteiger partial charge >= 0.3 is 0 Å². The number of nitrogens with two attached hydrogens (primary N) is 1. The molecule has 0 atom stereocenters. The van der Waals surface area contributed by atoms with Gasteiger partial charge < -0.3 is 10.6 Å². The Morgan fingerprint density at radius 1 is 1.52 bits per heavy atom. The summed E-state index contributed by atoms with van der Waals surface area (Å²) in [6.07, 6.45) is 5.27. The molecule has 1 aliphatic heterocycles. The van der Waals surface area contributed by atoms with Gasteiger partial charge in [-0.05, 0) is 24.8 Å². The van der Waals surface area contributed by atoms with Crippen LogP contribution in [0.5, 0.6) is 0 Å². The van der Waals surface area contributed by atoms with Gasteiger partial charge in [0.1, 0.15) is 17.6 Å². The first-order valence-electron chi connectivity index (χ1n) is 7.22. The third kappa shape index (κ3) is 3.48. The maximum atomic E-state index is 12.5. The van der Waals surface area contributed by atoms with Gasteiger partial charge in [-0.2, -0.15) is 0 Å². The number of hydrogen-bond acceptors (Lipinski definition) is 5. The molecule has 0 aliphatic carbocycles. The Morgan fingerprint density at radius 2 is 2.19 bits per heavy atom. The first-order chi connectivity index (χ1) is 10.0. The van der Waals surface area contributed by atoms with Gasteiger partial charge in [0, 0.05) is 13.1 Å². The van der Waals surface area contributed by atoms with E-state index in [-0.39, 0.29) is 23.0 Å². The summed E-state index contributed by atoms with van der Waals surface area (Å²) in [5, 5.41) is 11.0. The number of nitrogens with zero attached hydrogens (tertiary/aromatic N) is 3. The Bertz CT molecular complexity index is 539. The van der Waals surface area contributed by atoms with Crippen LogP contribution in [0.25, 0.3) is 0 Å². The number of anilines is 1. The van der Waals surface area contributed by atoms with Crippen LogP contribution in [0.15, 0.2) is 12.3 Å². The van der Waals surface area contributed by atoms with Gasteiger partial charge in [0.15, 0.2) is 0 Å². The fourth-order valence-electron chi connectivity index (χ4n) is 2.78. The van der Waals surface area contributed by atoms with E-state index in [1.54, 1.807) is 4.90 Å². The summed E-state index contributed by atoms with van der Waals surface area (Å²) in [5.74, 6) is 0.437. The van der Waals surface area contributed by atoms with Crippen LogP contribution in [-0.4, -0.2) is 33.8 Å². The van der Waals surface area contributed by atoms with E-state index in [1.165, 1.54) is 12.5 Å². The summed E-state index contributed by atoms with van der Waals surface area (Å²) in [4.78, 5) is 28.3. The average Bonchev–Trinajstić information content (AvgIpc) is 2.47. The lowest BCUT2D eigenvalue weighted by Gasteiger charge is -2.31. The summed E-state index contributed by atoms with van der Waals surface area (Å²) in [6, 6.07) is 1.29. The number of hydrogen-bond donors (Lipinski definition) is 1. The van der Waals surface area contributed by atoms with Crippen molar-refractivity contribution in [3.05, 3.63) is 27.9 Å². The molecule has 7 heteroatoms. The quantitative estimate of drug-likeness (QED) is 0.677. The molecule has 0 saturated carbocycles. The fourth-order valence-corrected chi connectivity index (χ4v) is 2.78. The molecule has 1 aromatic heterocycles. The minimum Gasteiger partial charge on any atom is -0.384 e. The highest BCUT2D eigenvalue weighted by Gasteiger charge is 2.28. The molecule has 1 amide bonds. The number of piperidine rings is 1. The third-order valence-corrected chi connectivity index (χ3v) is 3.93. The highest BCUT2D eigenvalue weighted by molar-refractivity contribution is 5.98. The monoisotopic (exact) mass is 292 g/mol. The number of rotatable bonds is 4. The normalized spacial score (nSPS) is 16.0. The Morgan fingerprint density at radius 3 is 2.76 bits per heavy atom. The van der Waals surface area contributed by atoms with Crippen molar-refractivity contribution in [3.8, 4) is 0 Å². The van der Waals surface area contributed by atoms with E-state index in [4.69, 9.17) is 5.73 Å². The van der Waals surface area contributed by atoms with Gasteiger partial charge in [0.2, 0.25) is 0 Å². The van der Waals surface area contributed by atoms with Crippen LogP contribution in [0, 0.1) is 16.0 Å². The average molecular weight is 292 g/mol. The Balaban J connectivity index is 2.14. The number of aromatic nitrogens is 1. The van der Waals surface area contributed by atoms with Crippen LogP contribution in [0.3, 0.4) is 0 Å². The zero-order valence-electron chi connectivity index (χ0n) is 12.1. The molecule has 7 nitrogen and oxygen atoms in total. The highest BCUT2D eigenvalue weighted by atomic mass is 16.6. The summed E-state index contributed by atoms with van der Waals surface area (Å²) in [6.45, 7) is 3.44. The number of likely N-dealkylation sites (tertiary alicyclic amines) is 1. The molecule has 0 bridgehead atoms. The predicted octanol–water partition coefficient (Wildman–Crippen LogP) is 2.22. The molecule has 1 aromatic rings. The standard InChI is InChI=1S/C14H20N4O3/c1-2-3-10-4-6-17(7-5-10)14(19)11-8-13(15)16-9-12(11)18(20)21/h8-10H,2-7H2,1H3,(H2,15,16). The van der Waals surface area contributed by atoms with Crippen molar-refractivity contribution in [1.82, 2.24) is 9.88 Å². The molecule has 114 valence electrons. The van der Waals surface area contributed by atoms with Gasteiger partial charge in [0.25, 0.3) is 11.6 Å². The van der Waals surface area contributed by atoms with Gasteiger partial charge in [-0.15, -0.1) is 0 Å². The Kier molecular flexibility index (Phi) is 4.72. The lowest BCUT2D eigenvalue weighted by molar-refractivity contribution is -0.385. The molecule has 0 spiro atoms. The fraction of sp³-hybridized carbons (Fsp3) is 0.571. The summed E-state index contributed by atoms with van der Waals surface area (Å²) >= 11 is 0. The molecule has 0 unspecified atom stereocenters. The Labute approximate surface area is 123 Å². The summed E-state index contributed by atoms with van der Waals surface area (Å²) in [5.41, 5.74) is 5.29. The van der Waals surface area contributed by atoms with Crippen molar-refractivity contribution in [3.63, 3.8) is 0 Å². The minimum absolute atomic E-state index is 0.0291. The molecule has 1 saturated heterocycles. The van der Waals surface area contributed by atoms with Crippen LogP contribution in [-0.2, 0) is 0 Å². The topological polar surface area (TPSA) is 102 Å². The Hall–Kier alpha value is -2.18. The zero-order chi connectivity index (χ0) is 15.4. The van der Waals surface area contributed by atoms with E-state index < -0.39 is 4.92 Å². The molecule has 21 heavy (non-hydrogen) atoms. The molecule has 1 fully saturated rings. The van der Waals surface area contributed by atoms with Crippen LogP contribution in [0.2, 0.25) is 0 Å². The summed E-state index contributed by atoms with van der Waals surface area (Å²) in [7, 11) is 0. The molecule has 2 heterocycles. The molecular formula is C14H20N4O3. The van der Waals surface area contributed by atoms with Crippen molar-refractivity contribution in [1.29, 1.82) is 0 Å². The molecule has 0 radical (unpaired) electrons. The van der Waals surface area contributed by atoms with Crippen LogP contribution in [0.4, 0.5) is 11.5 Å². The second-order valence-electron chi connectivity index (χ2n) is 5.41. The lowest BCUT2D eigenvalue weighted by atomic mass is 9.92. The van der Waals surface area contributed by atoms with Crippen molar-refractivity contribution in [2.24, 2.45) is 5.92 Å².